The molecule has 0 radical (unpaired) electrons. The molecule has 20 heteroatoms. The maximum Gasteiger partial charge on any atom is 0.166 e. The van der Waals surface area contributed by atoms with Crippen LogP contribution in [0.25, 0.3) is 0 Å². The van der Waals surface area contributed by atoms with E-state index in [2.05, 4.69) is 101 Å². The molecule has 0 atom stereocenters. The van der Waals surface area contributed by atoms with Crippen LogP contribution in [0.2, 0.25) is 0 Å². The monoisotopic (exact) mass is 1360 g/mol. The van der Waals surface area contributed by atoms with Crippen molar-refractivity contribution in [2.75, 3.05) is 0 Å². The van der Waals surface area contributed by atoms with Gasteiger partial charge in [-0.25, -0.2) is 39.9 Å². The van der Waals surface area contributed by atoms with Gasteiger partial charge in [0.05, 0.1) is 0 Å². The standard InChI is InChI=1S/8C5H5N.2Li.H2P2Se8/c8*1-2-4-6-5-3-1;;;3-1(4)7-9-2(5,6)10-8-1/h8*1-5H;;;(H,3,4)(H,5,6)/q;;;;;;;;2*+1;/p+6. The number of hydrogen-bond donors (Lipinski definition) is 0. The van der Waals surface area contributed by atoms with Crippen LogP contribution in [-0.4, -0.2) is 112 Å². The van der Waals surface area contributed by atoms with Crippen molar-refractivity contribution in [3.05, 3.63) is 245 Å². The van der Waals surface area contributed by atoms with Gasteiger partial charge in [0.25, 0.3) is 0 Å². The van der Waals surface area contributed by atoms with Crippen molar-refractivity contribution >= 4 is 115 Å². The smallest absolute Gasteiger partial charge is 0.166 e. The summed E-state index contributed by atoms with van der Waals surface area (Å²) >= 11 is 17.6. The molecule has 0 saturated carbocycles. The molecule has 9 rings (SSSR count). The van der Waals surface area contributed by atoms with E-state index in [1.54, 1.807) is 0 Å². The minimum atomic E-state index is -0.498. The largest absolute Gasteiger partial charge is 0.218 e. The quantitative estimate of drug-likeness (QED) is 0.112. The first-order chi connectivity index (χ1) is 28.4. The molecular formula is C40H48Li2N8P2Se8+8. The number of nitrogens with one attached hydrogen (secondary N) is 8. The molecule has 8 aromatic rings. The second-order valence-electron chi connectivity index (χ2n) is 9.81. The Morgan fingerprint density at radius 2 is 0.333 bits per heavy atom. The van der Waals surface area contributed by atoms with Crippen molar-refractivity contribution < 1.29 is 77.6 Å². The van der Waals surface area contributed by atoms with Crippen LogP contribution in [-0.2, 0) is 0 Å². The van der Waals surface area contributed by atoms with Crippen molar-refractivity contribution in [1.82, 2.24) is 0 Å². The van der Waals surface area contributed by atoms with Crippen LogP contribution in [0.15, 0.2) is 245 Å². The number of rotatable bonds is 0. The minimum Gasteiger partial charge on any atom is -0.218 e. The summed E-state index contributed by atoms with van der Waals surface area (Å²) < 4.78 is -0.996. The second kappa shape index (κ2) is 47.9. The van der Waals surface area contributed by atoms with Crippen molar-refractivity contribution in [2.24, 2.45) is 0 Å². The van der Waals surface area contributed by atoms with Crippen molar-refractivity contribution in [3.8, 4) is 0 Å². The predicted molar refractivity (Wildman–Crippen MR) is 244 cm³/mol. The Balaban J connectivity index is 0. The Kier molecular flexibility index (Phi) is 49.1. The second-order valence-corrected chi connectivity index (χ2v) is 105. The van der Waals surface area contributed by atoms with Crippen LogP contribution < -0.4 is 77.6 Å². The van der Waals surface area contributed by atoms with Gasteiger partial charge in [0, 0.05) is 97.1 Å². The fourth-order valence-electron chi connectivity index (χ4n) is 2.92. The summed E-state index contributed by atoms with van der Waals surface area (Å²) in [6.45, 7) is 0. The van der Waals surface area contributed by atoms with Crippen molar-refractivity contribution in [1.29, 1.82) is 0 Å². The summed E-state index contributed by atoms with van der Waals surface area (Å²) in [6, 6.07) is 46.9. The van der Waals surface area contributed by atoms with E-state index in [4.69, 9.17) is 0 Å². The fourth-order valence-corrected chi connectivity index (χ4v) is 263. The predicted octanol–water partition coefficient (Wildman–Crippen LogP) is -3.31. The van der Waals surface area contributed by atoms with E-state index < -0.39 is 3.15 Å². The molecule has 1 aliphatic rings. The van der Waals surface area contributed by atoms with E-state index >= 15 is 0 Å². The first-order valence-electron chi connectivity index (χ1n) is 17.1. The summed E-state index contributed by atoms with van der Waals surface area (Å²) in [7, 11) is 0. The third-order valence-corrected chi connectivity index (χ3v) is 175. The molecule has 300 valence electrons. The minimum absolute atomic E-state index is 0. The fraction of sp³-hybridized carbons (Fsp3) is 0. The van der Waals surface area contributed by atoms with Crippen molar-refractivity contribution in [3.63, 3.8) is 0 Å². The van der Waals surface area contributed by atoms with Gasteiger partial charge >= 0.3 is 153 Å². The summed E-state index contributed by atoms with van der Waals surface area (Å²) in [5.41, 5.74) is 0. The first kappa shape index (κ1) is 61.5. The van der Waals surface area contributed by atoms with Gasteiger partial charge in [0.15, 0.2) is 99.1 Å². The molecule has 8 nitrogen and oxygen atoms in total. The Morgan fingerprint density at radius 1 is 0.233 bits per heavy atom. The molecule has 9 heterocycles. The Bertz CT molecular complexity index is 1400. The van der Waals surface area contributed by atoms with Crippen LogP contribution in [0.4, 0.5) is 0 Å². The first-order valence-corrected chi connectivity index (χ1v) is 47.1. The molecule has 1 saturated heterocycles. The molecule has 1 fully saturated rings. The zero-order valence-electron chi connectivity index (χ0n) is 33.3. The van der Waals surface area contributed by atoms with E-state index in [0.29, 0.717) is 0 Å². The molecule has 1 aliphatic heterocycles. The summed E-state index contributed by atoms with van der Waals surface area (Å²) in [5.74, 6) is 0. The Hall–Kier alpha value is -0.589. The summed E-state index contributed by atoms with van der Waals surface area (Å²) in [5, 5.41) is 0. The molecule has 60 heavy (non-hydrogen) atoms. The van der Waals surface area contributed by atoms with Gasteiger partial charge in [0.1, 0.15) is 0 Å². The van der Waals surface area contributed by atoms with E-state index in [1.807, 2.05) is 245 Å². The third-order valence-electron chi connectivity index (χ3n) is 5.29. The van der Waals surface area contributed by atoms with Crippen molar-refractivity contribution in [2.45, 2.75) is 0 Å². The molecule has 0 spiro atoms. The molecular weight excluding hydrogens is 1300 g/mol. The van der Waals surface area contributed by atoms with E-state index in [-0.39, 0.29) is 37.7 Å². The van der Waals surface area contributed by atoms with Crippen LogP contribution in [0.1, 0.15) is 0 Å². The molecule has 8 N–H and O–H groups in total. The number of pyridine rings is 8. The van der Waals surface area contributed by atoms with Crippen LogP contribution in [0.5, 0.6) is 0 Å². The average molecular weight is 1350 g/mol. The number of aromatic nitrogens is 8. The number of hydrogen-bond acceptors (Lipinski definition) is 0. The zero-order chi connectivity index (χ0) is 41.8. The molecule has 0 aromatic carbocycles. The summed E-state index contributed by atoms with van der Waals surface area (Å²) in [6.07, 6.45) is 30.0. The van der Waals surface area contributed by atoms with Crippen LogP contribution >= 0.6 is 3.15 Å². The van der Waals surface area contributed by atoms with Gasteiger partial charge in [-0.3, -0.25) is 0 Å². The number of H-pyrrole nitrogens is 8. The maximum atomic E-state index is 3.43. The molecule has 0 amide bonds. The van der Waals surface area contributed by atoms with E-state index in [1.165, 1.54) is 0 Å². The summed E-state index contributed by atoms with van der Waals surface area (Å²) in [4.78, 5) is 23.1. The topological polar surface area (TPSA) is 113 Å². The third kappa shape index (κ3) is 48.4. The SMILES string of the molecule is [Li+].[Li+].[Se]=P1([Se-])[Se][Se]P(=[Se])([Se-])[Se][Se]1.c1cc[nH+]cc1.c1cc[nH+]cc1.c1cc[nH+]cc1.c1cc[nH+]cc1.c1cc[nH+]cc1.c1cc[nH+]cc1.c1cc[nH+]cc1.c1cc[nH+]cc1. The van der Waals surface area contributed by atoms with Crippen LogP contribution in [0, 0.1) is 0 Å². The van der Waals surface area contributed by atoms with Gasteiger partial charge in [0.2, 0.25) is 0 Å². The van der Waals surface area contributed by atoms with Crippen LogP contribution in [0.3, 0.4) is 0 Å². The van der Waals surface area contributed by atoms with Gasteiger partial charge in [-0.1, -0.05) is 48.5 Å². The maximum absolute atomic E-state index is 3.43. The van der Waals surface area contributed by atoms with E-state index in [9.17, 15) is 0 Å². The number of aromatic amines is 8. The average Bonchev–Trinajstić information content (AvgIpc) is 3.34. The molecule has 0 unspecified atom stereocenters. The van der Waals surface area contributed by atoms with E-state index in [0.717, 1.165) is 50.8 Å². The molecule has 0 bridgehead atoms. The normalized spacial score (nSPS) is 14.6. The van der Waals surface area contributed by atoms with Gasteiger partial charge < -0.3 is 0 Å². The van der Waals surface area contributed by atoms with Gasteiger partial charge in [-0.05, 0) is 0 Å². The zero-order valence-corrected chi connectivity index (χ0v) is 48.7. The molecule has 0 aliphatic carbocycles. The Labute approximate surface area is 431 Å². The molecule has 8 aromatic heterocycles. The Morgan fingerprint density at radius 3 is 0.383 bits per heavy atom. The van der Waals surface area contributed by atoms with Gasteiger partial charge in [-0.15, -0.1) is 0 Å². The van der Waals surface area contributed by atoms with Gasteiger partial charge in [-0.2, -0.15) is 0 Å².